The number of nitrogens with zero attached hydrogens (tertiary/aromatic N) is 3. The third kappa shape index (κ3) is 5.92. The van der Waals surface area contributed by atoms with E-state index in [9.17, 15) is 13.6 Å². The third-order valence-electron chi connectivity index (χ3n) is 3.97. The molecule has 0 spiro atoms. The summed E-state index contributed by atoms with van der Waals surface area (Å²) in [7, 11) is 4.82. The first-order valence-corrected chi connectivity index (χ1v) is 8.40. The zero-order valence-corrected chi connectivity index (χ0v) is 15.6. The molecule has 0 aliphatic carbocycles. The van der Waals surface area contributed by atoms with Gasteiger partial charge in [0.15, 0.2) is 11.5 Å². The maximum Gasteiger partial charge on any atom is 0.319 e. The first-order chi connectivity index (χ1) is 12.9. The van der Waals surface area contributed by atoms with Gasteiger partial charge in [-0.3, -0.25) is 14.3 Å². The topological polar surface area (TPSA) is 68.6 Å². The number of amides is 1. The van der Waals surface area contributed by atoms with Crippen LogP contribution in [0.2, 0.25) is 0 Å². The molecule has 2 aromatic rings. The summed E-state index contributed by atoms with van der Waals surface area (Å²) in [6, 6.07) is 5.58. The fraction of sp³-hybridized carbons (Fsp3) is 0.444. The van der Waals surface area contributed by atoms with Gasteiger partial charge in [0.2, 0.25) is 5.91 Å². The van der Waals surface area contributed by atoms with Gasteiger partial charge in [0.05, 0.1) is 27.3 Å². The second kappa shape index (κ2) is 9.86. The molecule has 0 saturated carbocycles. The Hall–Kier alpha value is -2.68. The number of hydrogen-bond donors (Lipinski definition) is 1. The zero-order chi connectivity index (χ0) is 19.8. The van der Waals surface area contributed by atoms with Gasteiger partial charge < -0.3 is 14.8 Å². The molecule has 1 aromatic heterocycles. The van der Waals surface area contributed by atoms with Crippen molar-refractivity contribution in [1.82, 2.24) is 19.8 Å². The van der Waals surface area contributed by atoms with E-state index in [-0.39, 0.29) is 24.8 Å². The zero-order valence-electron chi connectivity index (χ0n) is 15.6. The number of aromatic nitrogens is 2. The molecule has 0 bridgehead atoms. The van der Waals surface area contributed by atoms with Gasteiger partial charge in [0, 0.05) is 18.9 Å². The van der Waals surface area contributed by atoms with Gasteiger partial charge in [0.25, 0.3) is 0 Å². The van der Waals surface area contributed by atoms with Crippen LogP contribution in [-0.2, 0) is 17.8 Å². The van der Waals surface area contributed by atoms with Gasteiger partial charge >= 0.3 is 6.55 Å². The minimum Gasteiger partial charge on any atom is -0.493 e. The number of imidazole rings is 1. The molecule has 148 valence electrons. The normalized spacial score (nSPS) is 11.1. The van der Waals surface area contributed by atoms with Crippen molar-refractivity contribution in [2.24, 2.45) is 0 Å². The Bertz CT molecular complexity index is 752. The highest BCUT2D eigenvalue weighted by Crippen LogP contribution is 2.27. The number of benzene rings is 1. The standard InChI is InChI=1S/C18H24F2N4O3/c1-23(11-16-21-8-9-24(16)18(19)20)12-17(25)22-7-6-13-4-5-14(26-2)15(10-13)27-3/h4-5,8-10,18H,6-7,11-12H2,1-3H3,(H,22,25). The quantitative estimate of drug-likeness (QED) is 0.682. The SMILES string of the molecule is COc1ccc(CCNC(=O)CN(C)Cc2nccn2C(F)F)cc1OC. The number of carbonyl (C=O) groups is 1. The summed E-state index contributed by atoms with van der Waals surface area (Å²) in [6.07, 6.45) is 3.17. The number of hydrogen-bond acceptors (Lipinski definition) is 5. The molecular weight excluding hydrogens is 358 g/mol. The van der Waals surface area contributed by atoms with Crippen molar-refractivity contribution in [3.63, 3.8) is 0 Å². The highest BCUT2D eigenvalue weighted by atomic mass is 19.3. The Morgan fingerprint density at radius 3 is 2.70 bits per heavy atom. The minimum atomic E-state index is -2.65. The fourth-order valence-corrected chi connectivity index (χ4v) is 2.62. The van der Waals surface area contributed by atoms with Crippen LogP contribution < -0.4 is 14.8 Å². The summed E-state index contributed by atoms with van der Waals surface area (Å²) in [6.45, 7) is -1.96. The molecule has 0 unspecified atom stereocenters. The van der Waals surface area contributed by atoms with E-state index in [2.05, 4.69) is 10.3 Å². The fourth-order valence-electron chi connectivity index (χ4n) is 2.62. The van der Waals surface area contributed by atoms with E-state index < -0.39 is 6.55 Å². The van der Waals surface area contributed by atoms with Crippen molar-refractivity contribution in [3.8, 4) is 11.5 Å². The Balaban J connectivity index is 1.78. The monoisotopic (exact) mass is 382 g/mol. The number of nitrogens with one attached hydrogen (secondary N) is 1. The van der Waals surface area contributed by atoms with Crippen molar-refractivity contribution >= 4 is 5.91 Å². The van der Waals surface area contributed by atoms with Crippen molar-refractivity contribution < 1.29 is 23.0 Å². The Kier molecular flexibility index (Phi) is 7.54. The Labute approximate surface area is 156 Å². The molecule has 1 amide bonds. The number of methoxy groups -OCH3 is 2. The average molecular weight is 382 g/mol. The van der Waals surface area contributed by atoms with Crippen LogP contribution in [0.5, 0.6) is 11.5 Å². The van der Waals surface area contributed by atoms with E-state index in [0.29, 0.717) is 24.5 Å². The molecule has 0 aliphatic heterocycles. The van der Waals surface area contributed by atoms with Gasteiger partial charge in [-0.15, -0.1) is 0 Å². The smallest absolute Gasteiger partial charge is 0.319 e. The number of likely N-dealkylation sites (N-methyl/N-ethyl adjacent to an activating group) is 1. The number of rotatable bonds is 10. The molecule has 7 nitrogen and oxygen atoms in total. The van der Waals surface area contributed by atoms with Crippen molar-refractivity contribution in [2.45, 2.75) is 19.5 Å². The molecule has 0 radical (unpaired) electrons. The molecule has 0 aliphatic rings. The second-order valence-corrected chi connectivity index (χ2v) is 5.99. The van der Waals surface area contributed by atoms with Crippen LogP contribution in [0.1, 0.15) is 17.9 Å². The van der Waals surface area contributed by atoms with Crippen LogP contribution in [0.3, 0.4) is 0 Å². The lowest BCUT2D eigenvalue weighted by Gasteiger charge is -2.17. The summed E-state index contributed by atoms with van der Waals surface area (Å²) >= 11 is 0. The molecule has 1 aromatic carbocycles. The molecule has 27 heavy (non-hydrogen) atoms. The minimum absolute atomic E-state index is 0.0853. The summed E-state index contributed by atoms with van der Waals surface area (Å²) in [5.41, 5.74) is 1.00. The molecule has 2 rings (SSSR count). The van der Waals surface area contributed by atoms with Gasteiger partial charge in [-0.25, -0.2) is 4.98 Å². The van der Waals surface area contributed by atoms with Crippen LogP contribution >= 0.6 is 0 Å². The van der Waals surface area contributed by atoms with Gasteiger partial charge in [-0.05, 0) is 31.2 Å². The number of alkyl halides is 2. The van der Waals surface area contributed by atoms with E-state index in [1.807, 2.05) is 18.2 Å². The van der Waals surface area contributed by atoms with E-state index in [4.69, 9.17) is 9.47 Å². The van der Waals surface area contributed by atoms with Crippen molar-refractivity contribution in [2.75, 3.05) is 34.4 Å². The van der Waals surface area contributed by atoms with Gasteiger partial charge in [0.1, 0.15) is 5.82 Å². The largest absolute Gasteiger partial charge is 0.493 e. The predicted octanol–water partition coefficient (Wildman–Crippen LogP) is 2.09. The molecule has 0 saturated heterocycles. The number of carbonyl (C=O) groups excluding carboxylic acids is 1. The highest BCUT2D eigenvalue weighted by molar-refractivity contribution is 5.77. The lowest BCUT2D eigenvalue weighted by molar-refractivity contribution is -0.122. The molecule has 9 heteroatoms. The molecule has 0 atom stereocenters. The highest BCUT2D eigenvalue weighted by Gasteiger charge is 2.14. The number of halogens is 2. The van der Waals surface area contributed by atoms with E-state index in [0.717, 1.165) is 10.1 Å². The molecule has 0 fully saturated rings. The maximum absolute atomic E-state index is 12.8. The molecular formula is C18H24F2N4O3. The predicted molar refractivity (Wildman–Crippen MR) is 96.1 cm³/mol. The van der Waals surface area contributed by atoms with E-state index in [1.165, 1.54) is 12.4 Å². The lowest BCUT2D eigenvalue weighted by atomic mass is 10.1. The first kappa shape index (κ1) is 20.6. The van der Waals surface area contributed by atoms with Gasteiger partial charge in [-0.1, -0.05) is 6.07 Å². The van der Waals surface area contributed by atoms with Crippen LogP contribution in [0.15, 0.2) is 30.6 Å². The van der Waals surface area contributed by atoms with Gasteiger partial charge in [-0.2, -0.15) is 8.78 Å². The van der Waals surface area contributed by atoms with Crippen LogP contribution in [-0.4, -0.2) is 54.7 Å². The molecule has 1 heterocycles. The summed E-state index contributed by atoms with van der Waals surface area (Å²) in [5, 5.41) is 2.82. The third-order valence-corrected chi connectivity index (χ3v) is 3.97. The Morgan fingerprint density at radius 1 is 1.30 bits per heavy atom. The number of ether oxygens (including phenoxy) is 2. The maximum atomic E-state index is 12.8. The average Bonchev–Trinajstić information content (AvgIpc) is 3.09. The lowest BCUT2D eigenvalue weighted by Crippen LogP contribution is -2.36. The second-order valence-electron chi connectivity index (χ2n) is 5.99. The Morgan fingerprint density at radius 2 is 2.04 bits per heavy atom. The summed E-state index contributed by atoms with van der Waals surface area (Å²) in [4.78, 5) is 17.6. The van der Waals surface area contributed by atoms with Crippen LogP contribution in [0, 0.1) is 0 Å². The van der Waals surface area contributed by atoms with E-state index in [1.54, 1.807) is 26.2 Å². The molecule has 1 N–H and O–H groups in total. The first-order valence-electron chi connectivity index (χ1n) is 8.40. The van der Waals surface area contributed by atoms with Crippen LogP contribution in [0.25, 0.3) is 0 Å². The van der Waals surface area contributed by atoms with Crippen molar-refractivity contribution in [3.05, 3.63) is 42.0 Å². The summed E-state index contributed by atoms with van der Waals surface area (Å²) in [5.74, 6) is 1.31. The van der Waals surface area contributed by atoms with Crippen LogP contribution in [0.4, 0.5) is 8.78 Å². The van der Waals surface area contributed by atoms with E-state index >= 15 is 0 Å². The van der Waals surface area contributed by atoms with Crippen molar-refractivity contribution in [1.29, 1.82) is 0 Å². The summed E-state index contributed by atoms with van der Waals surface area (Å²) < 4.78 is 36.8.